The molecule has 0 bridgehead atoms. The van der Waals surface area contributed by atoms with Gasteiger partial charge in [-0.05, 0) is 38.2 Å². The number of carbonyl (C=O) groups excluding carboxylic acids is 1. The van der Waals surface area contributed by atoms with Crippen molar-refractivity contribution in [2.75, 3.05) is 6.54 Å². The van der Waals surface area contributed by atoms with Crippen LogP contribution in [-0.2, 0) is 6.54 Å². The van der Waals surface area contributed by atoms with Gasteiger partial charge in [0.25, 0.3) is 5.91 Å². The highest BCUT2D eigenvalue weighted by molar-refractivity contribution is 5.94. The lowest BCUT2D eigenvalue weighted by atomic mass is 9.86. The van der Waals surface area contributed by atoms with Gasteiger partial charge in [-0.2, -0.15) is 0 Å². The van der Waals surface area contributed by atoms with Crippen LogP contribution in [0.2, 0.25) is 0 Å². The molecule has 0 aliphatic carbocycles. The van der Waals surface area contributed by atoms with Gasteiger partial charge in [-0.25, -0.2) is 5.84 Å². The van der Waals surface area contributed by atoms with Gasteiger partial charge in [0.2, 0.25) is 0 Å². The van der Waals surface area contributed by atoms with Crippen LogP contribution in [0, 0.1) is 18.8 Å². The van der Waals surface area contributed by atoms with Crippen LogP contribution in [0.4, 0.5) is 0 Å². The minimum Gasteiger partial charge on any atom is -0.464 e. The average Bonchev–Trinajstić information content (AvgIpc) is 2.75. The van der Waals surface area contributed by atoms with Crippen molar-refractivity contribution in [1.82, 2.24) is 10.3 Å². The second kappa shape index (κ2) is 5.97. The Morgan fingerprint density at radius 1 is 1.50 bits per heavy atom. The maximum atomic E-state index is 11.6. The Bertz CT molecular complexity index is 483. The molecule has 1 aliphatic rings. The summed E-state index contributed by atoms with van der Waals surface area (Å²) in [6.45, 7) is 10.5. The third kappa shape index (κ3) is 3.04. The minimum absolute atomic E-state index is 0.300. The summed E-state index contributed by atoms with van der Waals surface area (Å²) < 4.78 is 5.70. The van der Waals surface area contributed by atoms with Gasteiger partial charge in [-0.1, -0.05) is 13.8 Å². The molecule has 0 saturated carbocycles. The molecule has 5 heteroatoms. The molecular weight excluding hydrogens is 254 g/mol. The summed E-state index contributed by atoms with van der Waals surface area (Å²) in [7, 11) is 0. The number of carbonyl (C=O) groups is 1. The van der Waals surface area contributed by atoms with E-state index in [0.29, 0.717) is 29.2 Å². The molecule has 112 valence electrons. The van der Waals surface area contributed by atoms with E-state index in [1.807, 2.05) is 0 Å². The highest BCUT2D eigenvalue weighted by atomic mass is 16.3. The number of nitrogens with zero attached hydrogens (tertiary/aromatic N) is 1. The first-order valence-electron chi connectivity index (χ1n) is 7.26. The Morgan fingerprint density at radius 3 is 2.85 bits per heavy atom. The second-order valence-corrected chi connectivity index (χ2v) is 6.14. The second-order valence-electron chi connectivity index (χ2n) is 6.14. The topological polar surface area (TPSA) is 71.5 Å². The maximum absolute atomic E-state index is 11.6. The Balaban J connectivity index is 2.11. The van der Waals surface area contributed by atoms with Gasteiger partial charge in [0.15, 0.2) is 0 Å². The number of hydrogen-bond acceptors (Lipinski definition) is 4. The summed E-state index contributed by atoms with van der Waals surface area (Å²) in [5.41, 5.74) is 2.67. The lowest BCUT2D eigenvalue weighted by Gasteiger charge is -2.40. The molecule has 0 radical (unpaired) electrons. The molecule has 1 aromatic rings. The summed E-state index contributed by atoms with van der Waals surface area (Å²) in [6.07, 6.45) is 1.27. The average molecular weight is 279 g/mol. The highest BCUT2D eigenvalue weighted by Gasteiger charge is 2.29. The number of rotatable bonds is 3. The van der Waals surface area contributed by atoms with E-state index >= 15 is 0 Å². The van der Waals surface area contributed by atoms with Crippen molar-refractivity contribution in [3.63, 3.8) is 0 Å². The molecule has 1 fully saturated rings. The normalized spacial score (nSPS) is 27.6. The molecule has 5 nitrogen and oxygen atoms in total. The van der Waals surface area contributed by atoms with Crippen LogP contribution in [0.15, 0.2) is 10.5 Å². The summed E-state index contributed by atoms with van der Waals surface area (Å²) in [5.74, 6) is 7.70. The van der Waals surface area contributed by atoms with E-state index in [4.69, 9.17) is 10.3 Å². The molecule has 1 aliphatic heterocycles. The van der Waals surface area contributed by atoms with E-state index in [1.54, 1.807) is 13.0 Å². The van der Waals surface area contributed by atoms with Gasteiger partial charge in [0.1, 0.15) is 11.5 Å². The molecule has 3 atom stereocenters. The summed E-state index contributed by atoms with van der Waals surface area (Å²) >= 11 is 0. The third-order valence-corrected chi connectivity index (χ3v) is 4.42. The van der Waals surface area contributed by atoms with Crippen LogP contribution in [0.3, 0.4) is 0 Å². The largest absolute Gasteiger partial charge is 0.464 e. The van der Waals surface area contributed by atoms with Crippen LogP contribution in [0.1, 0.15) is 49.1 Å². The van der Waals surface area contributed by atoms with Crippen molar-refractivity contribution in [2.24, 2.45) is 17.7 Å². The summed E-state index contributed by atoms with van der Waals surface area (Å²) in [5, 5.41) is 0. The summed E-state index contributed by atoms with van der Waals surface area (Å²) in [4.78, 5) is 14.0. The van der Waals surface area contributed by atoms with E-state index in [1.165, 1.54) is 6.42 Å². The van der Waals surface area contributed by atoms with Crippen molar-refractivity contribution < 1.29 is 9.21 Å². The Labute approximate surface area is 120 Å². The number of likely N-dealkylation sites (tertiary alicyclic amines) is 1. The van der Waals surface area contributed by atoms with Gasteiger partial charge in [0, 0.05) is 12.6 Å². The van der Waals surface area contributed by atoms with Gasteiger partial charge < -0.3 is 4.42 Å². The Morgan fingerprint density at radius 2 is 2.20 bits per heavy atom. The monoisotopic (exact) mass is 279 g/mol. The molecule has 1 aromatic heterocycles. The first kappa shape index (κ1) is 15.1. The zero-order valence-electron chi connectivity index (χ0n) is 12.8. The standard InChI is InChI=1S/C15H25N3O2/c1-9-5-10(2)11(3)18(7-9)8-13-6-14(12(4)20-13)15(19)17-16/h6,9-11H,5,7-8,16H2,1-4H3,(H,17,19). The predicted octanol–water partition coefficient (Wildman–Crippen LogP) is 2.06. The molecule has 0 spiro atoms. The van der Waals surface area contributed by atoms with E-state index in [2.05, 4.69) is 31.1 Å². The lowest BCUT2D eigenvalue weighted by molar-refractivity contribution is 0.0666. The van der Waals surface area contributed by atoms with Crippen LogP contribution in [-0.4, -0.2) is 23.4 Å². The van der Waals surface area contributed by atoms with Crippen molar-refractivity contribution >= 4 is 5.91 Å². The smallest absolute Gasteiger partial charge is 0.268 e. The maximum Gasteiger partial charge on any atom is 0.268 e. The molecule has 2 rings (SSSR count). The molecule has 3 unspecified atom stereocenters. The number of nitrogens with two attached hydrogens (primary N) is 1. The Kier molecular flexibility index (Phi) is 4.50. The van der Waals surface area contributed by atoms with Crippen molar-refractivity contribution in [3.05, 3.63) is 23.2 Å². The summed E-state index contributed by atoms with van der Waals surface area (Å²) in [6, 6.07) is 2.33. The zero-order chi connectivity index (χ0) is 14.9. The minimum atomic E-state index is -0.300. The van der Waals surface area contributed by atoms with E-state index < -0.39 is 0 Å². The van der Waals surface area contributed by atoms with Crippen LogP contribution >= 0.6 is 0 Å². The molecule has 1 saturated heterocycles. The Hall–Kier alpha value is -1.33. The van der Waals surface area contributed by atoms with Crippen molar-refractivity contribution in [1.29, 1.82) is 0 Å². The van der Waals surface area contributed by atoms with E-state index in [9.17, 15) is 4.79 Å². The lowest BCUT2D eigenvalue weighted by Crippen LogP contribution is -2.45. The molecule has 0 aromatic carbocycles. The van der Waals surface area contributed by atoms with Gasteiger partial charge in [-0.15, -0.1) is 0 Å². The molecule has 2 heterocycles. The van der Waals surface area contributed by atoms with Crippen LogP contribution < -0.4 is 11.3 Å². The van der Waals surface area contributed by atoms with E-state index in [-0.39, 0.29) is 5.91 Å². The number of nitrogen functional groups attached to an aromatic ring is 1. The van der Waals surface area contributed by atoms with Gasteiger partial charge in [0.05, 0.1) is 12.1 Å². The number of nitrogens with one attached hydrogen (secondary N) is 1. The predicted molar refractivity (Wildman–Crippen MR) is 77.9 cm³/mol. The van der Waals surface area contributed by atoms with Crippen molar-refractivity contribution in [2.45, 2.75) is 46.7 Å². The number of aryl methyl sites for hydroxylation is 1. The van der Waals surface area contributed by atoms with Gasteiger partial charge in [-0.3, -0.25) is 15.1 Å². The number of piperidine rings is 1. The fraction of sp³-hybridized carbons (Fsp3) is 0.667. The van der Waals surface area contributed by atoms with Crippen LogP contribution in [0.25, 0.3) is 0 Å². The molecule has 20 heavy (non-hydrogen) atoms. The SMILES string of the molecule is Cc1oc(CN2CC(C)CC(C)C2C)cc1C(=O)NN. The first-order chi connectivity index (χ1) is 9.42. The number of amides is 1. The first-order valence-corrected chi connectivity index (χ1v) is 7.26. The van der Waals surface area contributed by atoms with Crippen LogP contribution in [0.5, 0.6) is 0 Å². The third-order valence-electron chi connectivity index (χ3n) is 4.42. The molecular formula is C15H25N3O2. The molecule has 1 amide bonds. The molecule has 3 N–H and O–H groups in total. The van der Waals surface area contributed by atoms with E-state index in [0.717, 1.165) is 18.8 Å². The van der Waals surface area contributed by atoms with Gasteiger partial charge >= 0.3 is 0 Å². The highest BCUT2D eigenvalue weighted by Crippen LogP contribution is 2.28. The fourth-order valence-corrected chi connectivity index (χ4v) is 3.17. The number of hydrogen-bond donors (Lipinski definition) is 2. The number of furan rings is 1. The quantitative estimate of drug-likeness (QED) is 0.505. The fourth-order valence-electron chi connectivity index (χ4n) is 3.17. The zero-order valence-corrected chi connectivity index (χ0v) is 12.8. The number of hydrazine groups is 1. The van der Waals surface area contributed by atoms with Crippen molar-refractivity contribution in [3.8, 4) is 0 Å².